The van der Waals surface area contributed by atoms with Crippen molar-refractivity contribution >= 4 is 28.9 Å². The number of rotatable bonds is 33. The molecule has 0 N–H and O–H groups in total. The summed E-state index contributed by atoms with van der Waals surface area (Å²) in [7, 11) is 4.33. The number of aromatic nitrogens is 2. The van der Waals surface area contributed by atoms with Crippen LogP contribution >= 0.6 is 0 Å². The number of fused-ring (bicyclic) bond motifs is 1. The Kier molecular flexibility index (Phi) is 24.4. The van der Waals surface area contributed by atoms with Crippen LogP contribution in [0.25, 0.3) is 23.2 Å². The molecule has 1 heterocycles. The standard InChI is InChI=1S/C49H82N3/c1-5-7-9-11-13-15-17-19-21-23-25-27-29-33-43-52(44-34-30-28-26-24-22-20-18-16-14-12-10-8-6-2)46-40-37-45(38-41-46)39-42-49-50(3)47-35-31-32-36-48(47)51(49)4/h31-32,35-42H,5-30,33-34,43-44H2,1-4H3/q+1. The molecule has 0 unspecified atom stereocenters. The van der Waals surface area contributed by atoms with Crippen LogP contribution in [0.15, 0.2) is 48.5 Å². The van der Waals surface area contributed by atoms with E-state index in [2.05, 4.69) is 103 Å². The number of hydrogen-bond acceptors (Lipinski definition) is 1. The smallest absolute Gasteiger partial charge is 0.281 e. The lowest BCUT2D eigenvalue weighted by Crippen LogP contribution is -2.30. The summed E-state index contributed by atoms with van der Waals surface area (Å²) in [5, 5.41) is 0. The van der Waals surface area contributed by atoms with Crippen LogP contribution in [0.4, 0.5) is 5.69 Å². The predicted molar refractivity (Wildman–Crippen MR) is 232 cm³/mol. The maximum absolute atomic E-state index is 2.69. The molecule has 1 aromatic heterocycles. The summed E-state index contributed by atoms with van der Waals surface area (Å²) in [4.78, 5) is 2.69. The Morgan fingerprint density at radius 2 is 0.865 bits per heavy atom. The second-order valence-corrected chi connectivity index (χ2v) is 16.1. The topological polar surface area (TPSA) is 12.1 Å². The van der Waals surface area contributed by atoms with Crippen molar-refractivity contribution in [2.24, 2.45) is 14.1 Å². The van der Waals surface area contributed by atoms with Gasteiger partial charge in [0.25, 0.3) is 5.82 Å². The predicted octanol–water partition coefficient (Wildman–Crippen LogP) is 14.9. The van der Waals surface area contributed by atoms with E-state index < -0.39 is 0 Å². The van der Waals surface area contributed by atoms with Crippen molar-refractivity contribution in [3.05, 3.63) is 59.9 Å². The molecule has 0 aliphatic heterocycles. The fourth-order valence-electron chi connectivity index (χ4n) is 8.06. The lowest BCUT2D eigenvalue weighted by atomic mass is 10.0. The first-order valence-corrected chi connectivity index (χ1v) is 22.6. The second-order valence-electron chi connectivity index (χ2n) is 16.1. The van der Waals surface area contributed by atoms with Gasteiger partial charge in [0.15, 0.2) is 11.0 Å². The van der Waals surface area contributed by atoms with E-state index in [0.29, 0.717) is 0 Å². The first-order chi connectivity index (χ1) is 25.7. The van der Waals surface area contributed by atoms with E-state index in [9.17, 15) is 0 Å². The van der Waals surface area contributed by atoms with Gasteiger partial charge in [0.1, 0.15) is 0 Å². The molecule has 52 heavy (non-hydrogen) atoms. The average molecular weight is 713 g/mol. The summed E-state index contributed by atoms with van der Waals surface area (Å²) in [6.07, 6.45) is 44.3. The molecule has 0 fully saturated rings. The molecule has 0 spiro atoms. The Hall–Kier alpha value is -2.55. The highest BCUT2D eigenvalue weighted by molar-refractivity contribution is 5.76. The highest BCUT2D eigenvalue weighted by Gasteiger charge is 2.16. The third kappa shape index (κ3) is 18.0. The summed E-state index contributed by atoms with van der Waals surface area (Å²) in [5.41, 5.74) is 5.20. The van der Waals surface area contributed by atoms with Crippen molar-refractivity contribution in [3.63, 3.8) is 0 Å². The van der Waals surface area contributed by atoms with Gasteiger partial charge in [0.05, 0.1) is 14.1 Å². The molecule has 2 aromatic carbocycles. The largest absolute Gasteiger partial charge is 0.372 e. The number of imidazole rings is 1. The van der Waals surface area contributed by atoms with Gasteiger partial charge in [-0.05, 0) is 48.7 Å². The molecule has 292 valence electrons. The number of hydrogen-bond donors (Lipinski definition) is 0. The number of nitrogens with zero attached hydrogens (tertiary/aromatic N) is 3. The minimum Gasteiger partial charge on any atom is -0.372 e. The fourth-order valence-corrected chi connectivity index (χ4v) is 8.06. The van der Waals surface area contributed by atoms with Crippen LogP contribution in [0.5, 0.6) is 0 Å². The highest BCUT2D eigenvalue weighted by atomic mass is 15.1. The quantitative estimate of drug-likeness (QED) is 0.0452. The van der Waals surface area contributed by atoms with Gasteiger partial charge in [-0.25, -0.2) is 9.13 Å². The summed E-state index contributed by atoms with van der Waals surface area (Å²) >= 11 is 0. The Balaban J connectivity index is 1.39. The summed E-state index contributed by atoms with van der Waals surface area (Å²) in [6.45, 7) is 7.00. The zero-order valence-corrected chi connectivity index (χ0v) is 34.8. The highest BCUT2D eigenvalue weighted by Crippen LogP contribution is 2.21. The number of anilines is 1. The Morgan fingerprint density at radius 1 is 0.481 bits per heavy atom. The lowest BCUT2D eigenvalue weighted by Gasteiger charge is -2.25. The maximum atomic E-state index is 2.69. The van der Waals surface area contributed by atoms with Gasteiger partial charge in [0, 0.05) is 24.9 Å². The SMILES string of the molecule is CCCCCCCCCCCCCCCCN(CCCCCCCCCCCCCCCC)c1ccc(/C=C/c2n(C)c3ccccc3[n+]2C)cc1. The van der Waals surface area contributed by atoms with E-state index in [-0.39, 0.29) is 0 Å². The van der Waals surface area contributed by atoms with Gasteiger partial charge in [0.2, 0.25) is 0 Å². The van der Waals surface area contributed by atoms with Gasteiger partial charge in [-0.3, -0.25) is 0 Å². The summed E-state index contributed by atoms with van der Waals surface area (Å²) in [6, 6.07) is 18.0. The first kappa shape index (κ1) is 43.9. The van der Waals surface area contributed by atoms with Crippen LogP contribution in [-0.4, -0.2) is 17.7 Å². The van der Waals surface area contributed by atoms with Gasteiger partial charge in [-0.2, -0.15) is 0 Å². The molecule has 0 saturated carbocycles. The molecule has 3 rings (SSSR count). The molecule has 3 nitrogen and oxygen atoms in total. The van der Waals surface area contributed by atoms with Crippen molar-refractivity contribution in [2.75, 3.05) is 18.0 Å². The molecule has 0 radical (unpaired) electrons. The molecule has 0 amide bonds. The maximum Gasteiger partial charge on any atom is 0.281 e. The Morgan fingerprint density at radius 3 is 1.27 bits per heavy atom. The zero-order valence-electron chi connectivity index (χ0n) is 34.8. The van der Waals surface area contributed by atoms with Crippen molar-refractivity contribution in [1.82, 2.24) is 4.57 Å². The summed E-state index contributed by atoms with van der Waals surface area (Å²) in [5.74, 6) is 1.21. The van der Waals surface area contributed by atoms with Crippen molar-refractivity contribution in [1.29, 1.82) is 0 Å². The van der Waals surface area contributed by atoms with E-state index in [1.54, 1.807) is 0 Å². The molecule has 0 saturated heterocycles. The molecule has 0 atom stereocenters. The van der Waals surface area contributed by atoms with Gasteiger partial charge < -0.3 is 4.90 Å². The number of benzene rings is 2. The number of aryl methyl sites for hydroxylation is 2. The first-order valence-electron chi connectivity index (χ1n) is 22.6. The average Bonchev–Trinajstić information content (AvgIpc) is 3.41. The van der Waals surface area contributed by atoms with Crippen molar-refractivity contribution in [2.45, 2.75) is 194 Å². The minimum atomic E-state index is 1.19. The van der Waals surface area contributed by atoms with Gasteiger partial charge >= 0.3 is 0 Å². The Bertz CT molecular complexity index is 1230. The number of unbranched alkanes of at least 4 members (excludes halogenated alkanes) is 26. The monoisotopic (exact) mass is 713 g/mol. The zero-order chi connectivity index (χ0) is 36.9. The third-order valence-corrected chi connectivity index (χ3v) is 11.5. The molecule has 0 bridgehead atoms. The normalized spacial score (nSPS) is 11.8. The van der Waals surface area contributed by atoms with Crippen LogP contribution in [-0.2, 0) is 14.1 Å². The van der Waals surface area contributed by atoms with Gasteiger partial charge in [-0.1, -0.05) is 205 Å². The Labute approximate surface area is 322 Å². The number of para-hydroxylation sites is 2. The van der Waals surface area contributed by atoms with E-state index in [1.165, 1.54) is 221 Å². The summed E-state index contributed by atoms with van der Waals surface area (Å²) < 4.78 is 4.57. The van der Waals surface area contributed by atoms with Crippen molar-refractivity contribution in [3.8, 4) is 0 Å². The molecular formula is C49H82N3+. The lowest BCUT2D eigenvalue weighted by molar-refractivity contribution is -0.647. The third-order valence-electron chi connectivity index (χ3n) is 11.5. The van der Waals surface area contributed by atoms with Crippen LogP contribution in [0.1, 0.15) is 205 Å². The van der Waals surface area contributed by atoms with E-state index >= 15 is 0 Å². The van der Waals surface area contributed by atoms with E-state index in [4.69, 9.17) is 0 Å². The molecule has 3 heteroatoms. The van der Waals surface area contributed by atoms with Crippen LogP contribution < -0.4 is 9.47 Å². The molecule has 3 aromatic rings. The van der Waals surface area contributed by atoms with Crippen LogP contribution in [0.3, 0.4) is 0 Å². The van der Waals surface area contributed by atoms with Crippen molar-refractivity contribution < 1.29 is 4.57 Å². The van der Waals surface area contributed by atoms with E-state index in [1.807, 2.05) is 0 Å². The molecular weight excluding hydrogens is 631 g/mol. The molecule has 0 aliphatic carbocycles. The van der Waals surface area contributed by atoms with E-state index in [0.717, 1.165) is 0 Å². The van der Waals surface area contributed by atoms with Crippen LogP contribution in [0.2, 0.25) is 0 Å². The molecule has 0 aliphatic rings. The second kappa shape index (κ2) is 28.9. The minimum absolute atomic E-state index is 1.19. The van der Waals surface area contributed by atoms with Gasteiger partial charge in [-0.15, -0.1) is 0 Å². The van der Waals surface area contributed by atoms with Crippen LogP contribution in [0, 0.1) is 0 Å². The fraction of sp³-hybridized carbons (Fsp3) is 0.694.